The number of fused-ring (bicyclic) bond motifs is 22. The van der Waals surface area contributed by atoms with Crippen molar-refractivity contribution in [3.05, 3.63) is 504 Å². The average Bonchev–Trinajstić information content (AvgIpc) is 1.57. The third-order valence-electron chi connectivity index (χ3n) is 27.8. The molecule has 11 heterocycles. The lowest BCUT2D eigenvalue weighted by Gasteiger charge is -2.14. The van der Waals surface area contributed by atoms with Gasteiger partial charge in [0.05, 0.1) is 112 Å². The molecule has 0 spiro atoms. The lowest BCUT2D eigenvalue weighted by Crippen LogP contribution is -1.98. The van der Waals surface area contributed by atoms with Gasteiger partial charge >= 0.3 is 0 Å². The Balaban J connectivity index is 0.000000108. The van der Waals surface area contributed by atoms with Crippen molar-refractivity contribution in [2.24, 2.45) is 0 Å². The first kappa shape index (κ1) is 84.5. The molecule has 0 bridgehead atoms. The van der Waals surface area contributed by atoms with E-state index in [0.717, 1.165) is 217 Å². The number of nitrogens with zero attached hydrogens (tertiary/aromatic N) is 13. The van der Waals surface area contributed by atoms with E-state index in [-0.39, 0.29) is 0 Å². The fraction of sp³-hybridized carbons (Fsp3) is 0. The van der Waals surface area contributed by atoms with E-state index < -0.39 is 0 Å². The third-order valence-corrected chi connectivity index (χ3v) is 27.8. The molecule has 676 valence electrons. The van der Waals surface area contributed by atoms with Crippen molar-refractivity contribution in [1.82, 2.24) is 63.5 Å². The minimum Gasteiger partial charge on any atom is -0.309 e. The molecule has 0 saturated carbocycles. The van der Waals surface area contributed by atoms with Crippen molar-refractivity contribution in [3.63, 3.8) is 0 Å². The number of benzene rings is 18. The first-order valence-corrected chi connectivity index (χ1v) is 48.7. The van der Waals surface area contributed by atoms with E-state index in [2.05, 4.69) is 412 Å². The summed E-state index contributed by atoms with van der Waals surface area (Å²) in [5.41, 5.74) is 31.4. The molecule has 145 heavy (non-hydrogen) atoms. The Labute approximate surface area is 833 Å². The quantitative estimate of drug-likeness (QED) is 0.102. The molecular weight excluding hydrogens is 1770 g/mol. The molecule has 13 nitrogen and oxygen atoms in total. The molecule has 29 aromatic rings. The fourth-order valence-corrected chi connectivity index (χ4v) is 21.4. The fourth-order valence-electron chi connectivity index (χ4n) is 21.4. The van der Waals surface area contributed by atoms with Gasteiger partial charge in [0.25, 0.3) is 0 Å². The number of pyridine rings is 6. The van der Waals surface area contributed by atoms with E-state index in [9.17, 15) is 0 Å². The Morgan fingerprint density at radius 2 is 0.434 bits per heavy atom. The van der Waals surface area contributed by atoms with Crippen LogP contribution in [0, 0.1) is 0 Å². The summed E-state index contributed by atoms with van der Waals surface area (Å²) in [5.74, 6) is 1.38. The molecule has 0 N–H and O–H groups in total. The number of para-hydroxylation sites is 7. The minimum absolute atomic E-state index is 0.664. The Morgan fingerprint density at radius 3 is 0.848 bits per heavy atom. The van der Waals surface area contributed by atoms with Gasteiger partial charge in [0.1, 0.15) is 0 Å². The van der Waals surface area contributed by atoms with Crippen LogP contribution in [0.1, 0.15) is 0 Å². The average molecular weight is 1850 g/mol. The van der Waals surface area contributed by atoms with Gasteiger partial charge < -0.3 is 13.7 Å². The van der Waals surface area contributed by atoms with Gasteiger partial charge in [0, 0.05) is 160 Å². The number of aromatic nitrogens is 13. The largest absolute Gasteiger partial charge is 0.309 e. The molecule has 0 fully saturated rings. The SMILES string of the molecule is c1ccc(-c2nc(-c3cccc(-n4c5ccccc5c5c6c(ccc54)c(-c4ccccc4)nc4ccccc46)c3)c3ccccc3n2)cc1.c1ccc(-c2nc(-c3cccc(-n4c5ccccc5c5c6c(ccc54)c(-c4ccccc4)nc4ccccc46)c3)cc(-c3ccccn3)n2)cc1.c1ccc(-c2nc3ccccc3c3c2ccc2c3c3ccccc3n2-c2cccc(-c3cccc(-c4ccccn4)n3)c2)cc1. The van der Waals surface area contributed by atoms with Crippen LogP contribution in [0.3, 0.4) is 0 Å². The lowest BCUT2D eigenvalue weighted by molar-refractivity contribution is 1.15. The molecule has 0 saturated heterocycles. The van der Waals surface area contributed by atoms with Gasteiger partial charge in [-0.25, -0.2) is 39.9 Å². The van der Waals surface area contributed by atoms with Gasteiger partial charge in [-0.1, -0.05) is 352 Å². The van der Waals surface area contributed by atoms with Crippen LogP contribution in [0.4, 0.5) is 0 Å². The molecule has 0 amide bonds. The number of rotatable bonds is 13. The number of hydrogen-bond donors (Lipinski definition) is 0. The van der Waals surface area contributed by atoms with Crippen LogP contribution in [0.2, 0.25) is 0 Å². The molecule has 29 rings (SSSR count). The van der Waals surface area contributed by atoms with Gasteiger partial charge in [-0.3, -0.25) is 9.97 Å². The maximum atomic E-state index is 5.21. The highest BCUT2D eigenvalue weighted by Crippen LogP contribution is 2.49. The standard InChI is InChI=1S/C46H29N5.C45H28N4.C41H26N4/c1-3-14-30(15-4-1)45-36-25-26-42-44(43(36)34-20-7-9-22-37(34)48-45)35-21-8-10-24-41(35)51(42)33-19-13-18-32(28-33)39-29-40(38-23-11-12-27-47-38)50-46(49-39)31-16-5-2-6-17-31;1-3-14-29(15-4-1)43-36-26-27-40-42(41(36)33-20-7-10-23-37(33)46-43)35-22-9-12-25-39(35)49(40)32-19-13-18-31(28-32)44-34-21-8-11-24-38(34)47-45(48-44)30-16-5-2-6-17-30;1-2-12-27(13-3-1)41-32-23-24-38-40(39(32)30-16-4-6-18-34(30)44-41)31-17-5-7-22-37(31)45(38)29-15-10-14-28(26-29)33-20-11-21-36(43-33)35-19-8-9-25-42-35/h1-29H;1-28H;1-26H. The second-order valence-electron chi connectivity index (χ2n) is 36.3. The number of hydrogen-bond acceptors (Lipinski definition) is 10. The van der Waals surface area contributed by atoms with E-state index in [1.807, 2.05) is 103 Å². The summed E-state index contributed by atoms with van der Waals surface area (Å²) < 4.78 is 7.16. The van der Waals surface area contributed by atoms with Crippen LogP contribution >= 0.6 is 0 Å². The predicted molar refractivity (Wildman–Crippen MR) is 597 cm³/mol. The van der Waals surface area contributed by atoms with E-state index in [0.29, 0.717) is 5.82 Å². The van der Waals surface area contributed by atoms with Crippen LogP contribution < -0.4 is 0 Å². The maximum absolute atomic E-state index is 5.21. The zero-order chi connectivity index (χ0) is 95.8. The Bertz CT molecular complexity index is 10100. The van der Waals surface area contributed by atoms with E-state index in [4.69, 9.17) is 39.9 Å². The first-order chi connectivity index (χ1) is 71.9. The highest BCUT2D eigenvalue weighted by Gasteiger charge is 2.27. The van der Waals surface area contributed by atoms with Crippen LogP contribution in [-0.4, -0.2) is 63.5 Å². The van der Waals surface area contributed by atoms with Crippen molar-refractivity contribution in [2.75, 3.05) is 0 Å². The second-order valence-corrected chi connectivity index (χ2v) is 36.3. The summed E-state index contributed by atoms with van der Waals surface area (Å²) in [4.78, 5) is 49.9. The van der Waals surface area contributed by atoms with Gasteiger partial charge in [-0.2, -0.15) is 0 Å². The van der Waals surface area contributed by atoms with Crippen LogP contribution in [0.5, 0.6) is 0 Å². The Morgan fingerprint density at radius 1 is 0.138 bits per heavy atom. The van der Waals surface area contributed by atoms with Gasteiger partial charge in [-0.05, 0) is 140 Å². The molecule has 18 aromatic carbocycles. The van der Waals surface area contributed by atoms with Crippen molar-refractivity contribution in [3.8, 4) is 130 Å². The molecule has 0 aliphatic rings. The van der Waals surface area contributed by atoms with Crippen molar-refractivity contribution in [2.45, 2.75) is 0 Å². The Hall–Kier alpha value is -19.8. The second kappa shape index (κ2) is 35.9. The monoisotopic (exact) mass is 1850 g/mol. The summed E-state index contributed by atoms with van der Waals surface area (Å²) in [6.45, 7) is 0. The predicted octanol–water partition coefficient (Wildman–Crippen LogP) is 33.0. The summed E-state index contributed by atoms with van der Waals surface area (Å²) in [6.07, 6.45) is 3.60. The molecule has 11 aromatic heterocycles. The maximum Gasteiger partial charge on any atom is 0.160 e. The van der Waals surface area contributed by atoms with E-state index >= 15 is 0 Å². The zero-order valence-corrected chi connectivity index (χ0v) is 78.2. The van der Waals surface area contributed by atoms with Gasteiger partial charge in [-0.15, -0.1) is 0 Å². The lowest BCUT2D eigenvalue weighted by atomic mass is 9.96. The van der Waals surface area contributed by atoms with Gasteiger partial charge in [0.2, 0.25) is 0 Å². The highest BCUT2D eigenvalue weighted by atomic mass is 15.0. The molecule has 0 radical (unpaired) electrons. The molecule has 0 atom stereocenters. The van der Waals surface area contributed by atoms with Crippen molar-refractivity contribution in [1.29, 1.82) is 0 Å². The van der Waals surface area contributed by atoms with Gasteiger partial charge in [0.15, 0.2) is 11.6 Å². The summed E-state index contributed by atoms with van der Waals surface area (Å²) in [6, 6.07) is 171. The highest BCUT2D eigenvalue weighted by molar-refractivity contribution is 6.33. The molecule has 0 aliphatic heterocycles. The summed E-state index contributed by atoms with van der Waals surface area (Å²) in [5, 5.41) is 18.9. The van der Waals surface area contributed by atoms with E-state index in [1.54, 1.807) is 12.4 Å². The first-order valence-electron chi connectivity index (χ1n) is 48.7. The van der Waals surface area contributed by atoms with Crippen molar-refractivity contribution < 1.29 is 0 Å². The topological polar surface area (TPSA) is 144 Å². The summed E-state index contributed by atoms with van der Waals surface area (Å²) in [7, 11) is 0. The third kappa shape index (κ3) is 15.0. The molecule has 13 heteroatoms. The molecule has 0 unspecified atom stereocenters. The molecular formula is C132H83N13. The smallest absolute Gasteiger partial charge is 0.160 e. The van der Waals surface area contributed by atoms with Crippen LogP contribution in [-0.2, 0) is 0 Å². The van der Waals surface area contributed by atoms with Crippen molar-refractivity contribution >= 4 is 141 Å². The summed E-state index contributed by atoms with van der Waals surface area (Å²) >= 11 is 0. The van der Waals surface area contributed by atoms with E-state index in [1.165, 1.54) is 48.5 Å². The van der Waals surface area contributed by atoms with Crippen LogP contribution in [0.25, 0.3) is 272 Å². The zero-order valence-electron chi connectivity index (χ0n) is 78.2. The molecule has 0 aliphatic carbocycles. The van der Waals surface area contributed by atoms with Crippen LogP contribution in [0.15, 0.2) is 504 Å². The minimum atomic E-state index is 0.664. The Kier molecular flexibility index (Phi) is 20.9. The normalized spacial score (nSPS) is 11.6.